The van der Waals surface area contributed by atoms with Gasteiger partial charge in [-0.2, -0.15) is 12.7 Å². The second-order valence-electron chi connectivity index (χ2n) is 3.49. The van der Waals surface area contributed by atoms with Crippen LogP contribution < -0.4 is 10.5 Å². The number of hydrogen-bond acceptors (Lipinski definition) is 3. The summed E-state index contributed by atoms with van der Waals surface area (Å²) in [6.07, 6.45) is 1.80. The molecule has 0 aliphatic heterocycles. The van der Waals surface area contributed by atoms with Gasteiger partial charge < -0.3 is 5.73 Å². The average molecular weight is 237 g/mol. The van der Waals surface area contributed by atoms with E-state index in [-0.39, 0.29) is 6.04 Å². The second-order valence-corrected chi connectivity index (χ2v) is 5.24. The van der Waals surface area contributed by atoms with Crippen molar-refractivity contribution >= 4 is 10.2 Å². The molecule has 0 rings (SSSR count). The van der Waals surface area contributed by atoms with E-state index in [1.165, 1.54) is 4.31 Å². The Bertz CT molecular complexity index is 250. The molecular weight excluding hydrogens is 214 g/mol. The van der Waals surface area contributed by atoms with Crippen LogP contribution >= 0.6 is 0 Å². The van der Waals surface area contributed by atoms with Gasteiger partial charge in [-0.15, -0.1) is 0 Å². The van der Waals surface area contributed by atoms with Crippen molar-refractivity contribution < 1.29 is 8.42 Å². The van der Waals surface area contributed by atoms with Crippen LogP contribution in [0.15, 0.2) is 0 Å². The van der Waals surface area contributed by atoms with Crippen molar-refractivity contribution in [2.45, 2.75) is 39.7 Å². The van der Waals surface area contributed by atoms with Crippen LogP contribution in [0.25, 0.3) is 0 Å². The normalized spacial score (nSPS) is 14.5. The Morgan fingerprint density at radius 3 is 2.20 bits per heavy atom. The van der Waals surface area contributed by atoms with Gasteiger partial charge >= 0.3 is 0 Å². The number of hydrogen-bond donors (Lipinski definition) is 2. The summed E-state index contributed by atoms with van der Waals surface area (Å²) in [5.74, 6) is 0. The van der Waals surface area contributed by atoms with Crippen LogP contribution in [0.1, 0.15) is 33.6 Å². The zero-order valence-electron chi connectivity index (χ0n) is 9.86. The Balaban J connectivity index is 4.14. The van der Waals surface area contributed by atoms with Crippen LogP contribution in [0, 0.1) is 0 Å². The van der Waals surface area contributed by atoms with Gasteiger partial charge in [0.05, 0.1) is 0 Å². The topological polar surface area (TPSA) is 75.4 Å². The monoisotopic (exact) mass is 237 g/mol. The van der Waals surface area contributed by atoms with Crippen molar-refractivity contribution in [3.05, 3.63) is 0 Å². The molecule has 0 aromatic carbocycles. The van der Waals surface area contributed by atoms with E-state index in [1.54, 1.807) is 0 Å². The van der Waals surface area contributed by atoms with Gasteiger partial charge in [-0.3, -0.25) is 0 Å². The van der Waals surface area contributed by atoms with E-state index in [9.17, 15) is 8.42 Å². The first-order valence-corrected chi connectivity index (χ1v) is 6.92. The summed E-state index contributed by atoms with van der Waals surface area (Å²) in [6, 6.07) is -0.0969. The molecule has 0 aliphatic carbocycles. The fourth-order valence-electron chi connectivity index (χ4n) is 1.34. The first-order valence-electron chi connectivity index (χ1n) is 5.48. The molecule has 0 saturated carbocycles. The molecule has 0 aliphatic rings. The fourth-order valence-corrected chi connectivity index (χ4v) is 2.63. The summed E-state index contributed by atoms with van der Waals surface area (Å²) in [7, 11) is -3.33. The molecule has 0 spiro atoms. The van der Waals surface area contributed by atoms with Crippen molar-refractivity contribution in [3.8, 4) is 0 Å². The molecule has 0 fully saturated rings. The molecule has 0 bridgehead atoms. The van der Waals surface area contributed by atoms with Crippen molar-refractivity contribution in [1.29, 1.82) is 0 Å². The first kappa shape index (κ1) is 14.8. The third-order valence-corrected chi connectivity index (χ3v) is 3.96. The lowest BCUT2D eigenvalue weighted by atomic mass is 10.2. The molecule has 0 amide bonds. The van der Waals surface area contributed by atoms with E-state index in [1.807, 2.05) is 20.8 Å². The standard InChI is InChI=1S/C9H23N3O2S/c1-4-7-9(10)8-11-15(13,14)12(5-2)6-3/h9,11H,4-8,10H2,1-3H3. The molecule has 0 saturated heterocycles. The number of nitrogens with one attached hydrogen (secondary N) is 1. The molecule has 6 heteroatoms. The zero-order chi connectivity index (χ0) is 11.9. The van der Waals surface area contributed by atoms with Gasteiger partial charge in [-0.05, 0) is 6.42 Å². The van der Waals surface area contributed by atoms with E-state index >= 15 is 0 Å². The van der Waals surface area contributed by atoms with Crippen LogP contribution in [-0.2, 0) is 10.2 Å². The molecule has 15 heavy (non-hydrogen) atoms. The minimum Gasteiger partial charge on any atom is -0.327 e. The molecule has 5 nitrogen and oxygen atoms in total. The van der Waals surface area contributed by atoms with Gasteiger partial charge in [-0.1, -0.05) is 27.2 Å². The Kier molecular flexibility index (Phi) is 7.08. The van der Waals surface area contributed by atoms with E-state index in [4.69, 9.17) is 5.73 Å². The predicted octanol–water partition coefficient (Wildman–Crippen LogP) is 0.290. The van der Waals surface area contributed by atoms with E-state index in [0.717, 1.165) is 12.8 Å². The minimum absolute atomic E-state index is 0.0969. The van der Waals surface area contributed by atoms with Crippen molar-refractivity contribution in [3.63, 3.8) is 0 Å². The minimum atomic E-state index is -3.33. The average Bonchev–Trinajstić information content (AvgIpc) is 2.17. The Hall–Kier alpha value is -0.170. The fraction of sp³-hybridized carbons (Fsp3) is 1.00. The Labute approximate surface area is 93.2 Å². The summed E-state index contributed by atoms with van der Waals surface area (Å²) in [5, 5.41) is 0. The molecule has 0 aromatic heterocycles. The highest BCUT2D eigenvalue weighted by Crippen LogP contribution is 1.98. The highest BCUT2D eigenvalue weighted by Gasteiger charge is 2.18. The lowest BCUT2D eigenvalue weighted by molar-refractivity contribution is 0.430. The van der Waals surface area contributed by atoms with Gasteiger partial charge in [0.2, 0.25) is 0 Å². The molecule has 0 radical (unpaired) electrons. The number of nitrogens with zero attached hydrogens (tertiary/aromatic N) is 1. The lowest BCUT2D eigenvalue weighted by Crippen LogP contribution is -2.45. The van der Waals surface area contributed by atoms with Crippen molar-refractivity contribution in [2.24, 2.45) is 5.73 Å². The largest absolute Gasteiger partial charge is 0.327 e. The lowest BCUT2D eigenvalue weighted by Gasteiger charge is -2.20. The van der Waals surface area contributed by atoms with Crippen molar-refractivity contribution in [1.82, 2.24) is 9.03 Å². The summed E-state index contributed by atoms with van der Waals surface area (Å²) < 4.78 is 27.2. The van der Waals surface area contributed by atoms with Gasteiger partial charge in [0.25, 0.3) is 10.2 Å². The van der Waals surface area contributed by atoms with Crippen LogP contribution in [0.3, 0.4) is 0 Å². The predicted molar refractivity (Wildman–Crippen MR) is 62.7 cm³/mol. The molecule has 3 N–H and O–H groups in total. The van der Waals surface area contributed by atoms with Crippen LogP contribution in [-0.4, -0.2) is 38.4 Å². The highest BCUT2D eigenvalue weighted by molar-refractivity contribution is 7.87. The maximum Gasteiger partial charge on any atom is 0.279 e. The van der Waals surface area contributed by atoms with Crippen molar-refractivity contribution in [2.75, 3.05) is 19.6 Å². The SMILES string of the molecule is CCCC(N)CNS(=O)(=O)N(CC)CC. The number of nitrogens with two attached hydrogens (primary N) is 1. The Morgan fingerprint density at radius 2 is 1.80 bits per heavy atom. The van der Waals surface area contributed by atoms with E-state index in [2.05, 4.69) is 4.72 Å². The maximum atomic E-state index is 11.7. The first-order chi connectivity index (χ1) is 6.97. The van der Waals surface area contributed by atoms with E-state index in [0.29, 0.717) is 19.6 Å². The second kappa shape index (κ2) is 7.16. The molecule has 1 atom stereocenters. The Morgan fingerprint density at radius 1 is 1.27 bits per heavy atom. The quantitative estimate of drug-likeness (QED) is 0.637. The van der Waals surface area contributed by atoms with Crippen LogP contribution in [0.4, 0.5) is 0 Å². The third-order valence-electron chi connectivity index (χ3n) is 2.23. The van der Waals surface area contributed by atoms with Crippen LogP contribution in [0.5, 0.6) is 0 Å². The smallest absolute Gasteiger partial charge is 0.279 e. The molecule has 0 heterocycles. The van der Waals surface area contributed by atoms with Crippen LogP contribution in [0.2, 0.25) is 0 Å². The molecule has 92 valence electrons. The summed E-state index contributed by atoms with van der Waals surface area (Å²) in [4.78, 5) is 0. The summed E-state index contributed by atoms with van der Waals surface area (Å²) in [6.45, 7) is 6.93. The van der Waals surface area contributed by atoms with Gasteiger partial charge in [0, 0.05) is 25.7 Å². The molecule has 0 aromatic rings. The number of rotatable bonds is 8. The zero-order valence-corrected chi connectivity index (χ0v) is 10.7. The van der Waals surface area contributed by atoms with Gasteiger partial charge in [0.15, 0.2) is 0 Å². The maximum absolute atomic E-state index is 11.7. The highest BCUT2D eigenvalue weighted by atomic mass is 32.2. The third kappa shape index (κ3) is 5.46. The summed E-state index contributed by atoms with van der Waals surface area (Å²) in [5.41, 5.74) is 5.73. The van der Waals surface area contributed by atoms with Gasteiger partial charge in [-0.25, -0.2) is 4.72 Å². The molecular formula is C9H23N3O2S. The van der Waals surface area contributed by atoms with E-state index < -0.39 is 10.2 Å². The summed E-state index contributed by atoms with van der Waals surface area (Å²) >= 11 is 0. The molecule has 1 unspecified atom stereocenters. The van der Waals surface area contributed by atoms with Gasteiger partial charge in [0.1, 0.15) is 0 Å².